The molecule has 1 aromatic heterocycles. The van der Waals surface area contributed by atoms with E-state index in [9.17, 15) is 14.4 Å². The molecule has 1 aromatic carbocycles. The summed E-state index contributed by atoms with van der Waals surface area (Å²) >= 11 is 0. The summed E-state index contributed by atoms with van der Waals surface area (Å²) in [6, 6.07) is 13.2. The van der Waals surface area contributed by atoms with E-state index in [0.717, 1.165) is 11.3 Å². The number of carbonyl (C=O) groups is 3. The van der Waals surface area contributed by atoms with Crippen LogP contribution in [0.2, 0.25) is 0 Å². The molecule has 1 saturated carbocycles. The second-order valence-electron chi connectivity index (χ2n) is 6.74. The maximum atomic E-state index is 12.5. The number of carbonyl (C=O) groups excluding carboxylic acids is 3. The lowest BCUT2D eigenvalue weighted by molar-refractivity contribution is -0.153. The van der Waals surface area contributed by atoms with Crippen LogP contribution in [0.1, 0.15) is 19.3 Å². The van der Waals surface area contributed by atoms with Crippen LogP contribution in [-0.2, 0) is 19.1 Å². The molecule has 2 aromatic rings. The Morgan fingerprint density at radius 3 is 2.50 bits per heavy atom. The predicted octanol–water partition coefficient (Wildman–Crippen LogP) is 2.80. The Morgan fingerprint density at radius 2 is 1.77 bits per heavy atom. The van der Waals surface area contributed by atoms with Crippen LogP contribution in [0.5, 0.6) is 0 Å². The molecule has 4 rings (SSSR count). The number of cyclic esters (lactones) is 2. The summed E-state index contributed by atoms with van der Waals surface area (Å²) in [5.74, 6) is -2.18. The minimum atomic E-state index is -0.489. The zero-order chi connectivity index (χ0) is 18.1. The molecule has 2 aliphatic rings. The summed E-state index contributed by atoms with van der Waals surface area (Å²) in [5, 5.41) is 2.90. The number of nitrogens with one attached hydrogen (secondary N) is 1. The van der Waals surface area contributed by atoms with Crippen molar-refractivity contribution in [3.05, 3.63) is 48.7 Å². The summed E-state index contributed by atoms with van der Waals surface area (Å²) in [4.78, 5) is 40.2. The van der Waals surface area contributed by atoms with E-state index >= 15 is 0 Å². The number of fused-ring (bicyclic) bond motifs is 1. The van der Waals surface area contributed by atoms with Gasteiger partial charge >= 0.3 is 11.9 Å². The molecule has 0 spiro atoms. The highest BCUT2D eigenvalue weighted by Crippen LogP contribution is 2.39. The van der Waals surface area contributed by atoms with Crippen molar-refractivity contribution >= 4 is 23.5 Å². The zero-order valence-corrected chi connectivity index (χ0v) is 14.1. The first kappa shape index (κ1) is 16.4. The van der Waals surface area contributed by atoms with Crippen LogP contribution >= 0.6 is 0 Å². The van der Waals surface area contributed by atoms with Gasteiger partial charge in [0.1, 0.15) is 0 Å². The molecule has 1 aliphatic heterocycles. The standard InChI is InChI=1S/C20H18N2O4/c23-18(13-6-9-15-16(11-13)20(25)26-19(15)24)22-14-7-4-12(5-8-14)17-3-1-2-10-21-17/h1-5,7-8,10,13,15-16H,6,9,11H2,(H,22,23). The van der Waals surface area contributed by atoms with Gasteiger partial charge in [-0.3, -0.25) is 19.4 Å². The summed E-state index contributed by atoms with van der Waals surface area (Å²) in [6.07, 6.45) is 3.21. The average molecular weight is 350 g/mol. The van der Waals surface area contributed by atoms with E-state index < -0.39 is 17.9 Å². The number of nitrogens with zero attached hydrogens (tertiary/aromatic N) is 1. The van der Waals surface area contributed by atoms with Crippen molar-refractivity contribution in [1.82, 2.24) is 4.98 Å². The molecule has 1 saturated heterocycles. The Labute approximate surface area is 150 Å². The number of hydrogen-bond acceptors (Lipinski definition) is 5. The summed E-state index contributed by atoms with van der Waals surface area (Å²) in [6.45, 7) is 0. The van der Waals surface area contributed by atoms with Gasteiger partial charge in [-0.1, -0.05) is 18.2 Å². The minimum Gasteiger partial charge on any atom is -0.393 e. The molecule has 132 valence electrons. The number of aromatic nitrogens is 1. The van der Waals surface area contributed by atoms with E-state index in [-0.39, 0.29) is 17.7 Å². The van der Waals surface area contributed by atoms with Crippen molar-refractivity contribution < 1.29 is 19.1 Å². The van der Waals surface area contributed by atoms with Gasteiger partial charge in [-0.2, -0.15) is 0 Å². The Kier molecular flexibility index (Phi) is 4.24. The highest BCUT2D eigenvalue weighted by Gasteiger charge is 2.48. The van der Waals surface area contributed by atoms with Crippen LogP contribution < -0.4 is 5.32 Å². The molecule has 1 aliphatic carbocycles. The second-order valence-corrected chi connectivity index (χ2v) is 6.74. The lowest BCUT2D eigenvalue weighted by atomic mass is 9.75. The highest BCUT2D eigenvalue weighted by molar-refractivity contribution is 5.98. The molecular formula is C20H18N2O4. The molecule has 1 amide bonds. The monoisotopic (exact) mass is 350 g/mol. The van der Waals surface area contributed by atoms with Crippen molar-refractivity contribution in [2.75, 3.05) is 5.32 Å². The zero-order valence-electron chi connectivity index (χ0n) is 14.1. The van der Waals surface area contributed by atoms with Crippen molar-refractivity contribution in [3.63, 3.8) is 0 Å². The Hall–Kier alpha value is -3.02. The molecule has 6 nitrogen and oxygen atoms in total. The molecule has 1 N–H and O–H groups in total. The van der Waals surface area contributed by atoms with Gasteiger partial charge in [-0.15, -0.1) is 0 Å². The molecule has 26 heavy (non-hydrogen) atoms. The van der Waals surface area contributed by atoms with Crippen LogP contribution in [0, 0.1) is 17.8 Å². The van der Waals surface area contributed by atoms with Crippen molar-refractivity contribution in [1.29, 1.82) is 0 Å². The molecule has 2 heterocycles. The van der Waals surface area contributed by atoms with E-state index in [4.69, 9.17) is 4.74 Å². The fourth-order valence-electron chi connectivity index (χ4n) is 3.70. The predicted molar refractivity (Wildman–Crippen MR) is 93.7 cm³/mol. The lowest BCUT2D eigenvalue weighted by Gasteiger charge is -2.26. The Morgan fingerprint density at radius 1 is 1.00 bits per heavy atom. The van der Waals surface area contributed by atoms with Crippen LogP contribution in [0.25, 0.3) is 11.3 Å². The number of benzene rings is 1. The van der Waals surface area contributed by atoms with Gasteiger partial charge in [-0.25, -0.2) is 0 Å². The van der Waals surface area contributed by atoms with Gasteiger partial charge in [0.25, 0.3) is 0 Å². The summed E-state index contributed by atoms with van der Waals surface area (Å²) in [5.41, 5.74) is 2.53. The lowest BCUT2D eigenvalue weighted by Crippen LogP contribution is -2.33. The third-order valence-electron chi connectivity index (χ3n) is 5.14. The first-order valence-electron chi connectivity index (χ1n) is 8.69. The average Bonchev–Trinajstić information content (AvgIpc) is 2.96. The Bertz CT molecular complexity index is 848. The number of rotatable bonds is 3. The highest BCUT2D eigenvalue weighted by atomic mass is 16.6. The van der Waals surface area contributed by atoms with Gasteiger partial charge in [0, 0.05) is 23.4 Å². The number of pyridine rings is 1. The van der Waals surface area contributed by atoms with E-state index in [1.807, 2.05) is 42.5 Å². The number of anilines is 1. The van der Waals surface area contributed by atoms with E-state index in [0.29, 0.717) is 24.9 Å². The molecule has 6 heteroatoms. The summed E-state index contributed by atoms with van der Waals surface area (Å²) < 4.78 is 4.69. The van der Waals surface area contributed by atoms with E-state index in [1.165, 1.54) is 0 Å². The third kappa shape index (κ3) is 3.10. The van der Waals surface area contributed by atoms with Crippen LogP contribution in [0.3, 0.4) is 0 Å². The van der Waals surface area contributed by atoms with Crippen LogP contribution in [0.15, 0.2) is 48.7 Å². The molecule has 0 bridgehead atoms. The fourth-order valence-corrected chi connectivity index (χ4v) is 3.70. The topological polar surface area (TPSA) is 85.4 Å². The van der Waals surface area contributed by atoms with Crippen LogP contribution in [-0.4, -0.2) is 22.8 Å². The van der Waals surface area contributed by atoms with Crippen molar-refractivity contribution in [2.24, 2.45) is 17.8 Å². The SMILES string of the molecule is O=C(Nc1ccc(-c2ccccn2)cc1)C1CCC2C(=O)OC(=O)C2C1. The first-order chi connectivity index (χ1) is 12.6. The maximum Gasteiger partial charge on any atom is 0.317 e. The van der Waals surface area contributed by atoms with Gasteiger partial charge in [-0.05, 0) is 43.5 Å². The molecule has 3 unspecified atom stereocenters. The number of esters is 2. The van der Waals surface area contributed by atoms with Gasteiger partial charge in [0.05, 0.1) is 17.5 Å². The van der Waals surface area contributed by atoms with E-state index in [2.05, 4.69) is 10.3 Å². The van der Waals surface area contributed by atoms with Gasteiger partial charge < -0.3 is 10.1 Å². The molecule has 0 radical (unpaired) electrons. The largest absolute Gasteiger partial charge is 0.393 e. The number of amides is 1. The Balaban J connectivity index is 1.41. The molecule has 2 fully saturated rings. The number of ether oxygens (including phenoxy) is 1. The number of hydrogen-bond donors (Lipinski definition) is 1. The quantitative estimate of drug-likeness (QED) is 0.680. The first-order valence-corrected chi connectivity index (χ1v) is 8.69. The van der Waals surface area contributed by atoms with Gasteiger partial charge in [0.2, 0.25) is 5.91 Å². The van der Waals surface area contributed by atoms with Crippen LogP contribution in [0.4, 0.5) is 5.69 Å². The second kappa shape index (κ2) is 6.71. The normalized spacial score (nSPS) is 24.7. The van der Waals surface area contributed by atoms with Gasteiger partial charge in [0.15, 0.2) is 0 Å². The maximum absolute atomic E-state index is 12.5. The fraction of sp³-hybridized carbons (Fsp3) is 0.300. The van der Waals surface area contributed by atoms with E-state index in [1.54, 1.807) is 6.20 Å². The molecular weight excluding hydrogens is 332 g/mol. The van der Waals surface area contributed by atoms with Crippen molar-refractivity contribution in [2.45, 2.75) is 19.3 Å². The molecule has 3 atom stereocenters. The third-order valence-corrected chi connectivity index (χ3v) is 5.14. The summed E-state index contributed by atoms with van der Waals surface area (Å²) in [7, 11) is 0. The van der Waals surface area contributed by atoms with Crippen molar-refractivity contribution in [3.8, 4) is 11.3 Å². The minimum absolute atomic E-state index is 0.124. The smallest absolute Gasteiger partial charge is 0.317 e.